The minimum Gasteiger partial charge on any atom is -0.507 e. The zero-order valence-electron chi connectivity index (χ0n) is 19.0. The van der Waals surface area contributed by atoms with Gasteiger partial charge in [0.1, 0.15) is 5.75 Å². The van der Waals surface area contributed by atoms with E-state index in [1.807, 2.05) is 66.7 Å². The maximum atomic E-state index is 11.1. The van der Waals surface area contributed by atoms with Gasteiger partial charge in [0, 0.05) is 34.8 Å². The lowest BCUT2D eigenvalue weighted by atomic mass is 9.98. The zero-order valence-corrected chi connectivity index (χ0v) is 20.6. The third-order valence-electron chi connectivity index (χ3n) is 5.94. The van der Waals surface area contributed by atoms with Crippen LogP contribution in [-0.2, 0) is 0 Å². The molecule has 0 aliphatic carbocycles. The van der Waals surface area contributed by atoms with Crippen LogP contribution in [0, 0.1) is 10.1 Å². The number of hydrazone groups is 1. The number of hydrogen-bond donors (Lipinski definition) is 1. The number of phenols is 1. The van der Waals surface area contributed by atoms with E-state index in [9.17, 15) is 15.2 Å². The summed E-state index contributed by atoms with van der Waals surface area (Å²) in [6.07, 6.45) is 2.15. The Morgan fingerprint density at radius 2 is 1.78 bits per heavy atom. The number of non-ortho nitro benzene ring substituents is 1. The number of aromatic hydroxyl groups is 1. The van der Waals surface area contributed by atoms with Crippen molar-refractivity contribution in [1.29, 1.82) is 0 Å². The summed E-state index contributed by atoms with van der Waals surface area (Å²) in [7, 11) is 0. The molecule has 178 valence electrons. The topological polar surface area (TPSA) is 91.3 Å². The van der Waals surface area contributed by atoms with Crippen LogP contribution >= 0.6 is 15.9 Å². The number of halogens is 1. The Bertz CT molecular complexity index is 1470. The first kappa shape index (κ1) is 23.4. The highest BCUT2D eigenvalue weighted by Crippen LogP contribution is 2.37. The van der Waals surface area contributed by atoms with E-state index in [-0.39, 0.29) is 23.0 Å². The Morgan fingerprint density at radius 1 is 1.00 bits per heavy atom. The number of rotatable bonds is 6. The largest absolute Gasteiger partial charge is 0.507 e. The van der Waals surface area contributed by atoms with Crippen LogP contribution in [-0.4, -0.2) is 22.0 Å². The fraction of sp³-hybridized carbons (Fsp3) is 0.0714. The van der Waals surface area contributed by atoms with Crippen molar-refractivity contribution in [1.82, 2.24) is 0 Å². The number of hydrogen-bond acceptors (Lipinski definition) is 6. The maximum Gasteiger partial charge on any atom is 0.270 e. The molecular formula is C28H21BrN4O3. The molecule has 0 aromatic heterocycles. The molecule has 1 aliphatic heterocycles. The van der Waals surface area contributed by atoms with Crippen molar-refractivity contribution in [2.75, 3.05) is 5.01 Å². The number of nitro benzene ring substituents is 1. The van der Waals surface area contributed by atoms with Crippen LogP contribution < -0.4 is 5.01 Å². The first-order valence-corrected chi connectivity index (χ1v) is 12.1. The van der Waals surface area contributed by atoms with E-state index >= 15 is 0 Å². The second-order valence-corrected chi connectivity index (χ2v) is 9.22. The lowest BCUT2D eigenvalue weighted by molar-refractivity contribution is -0.384. The Kier molecular flexibility index (Phi) is 6.60. The highest BCUT2D eigenvalue weighted by atomic mass is 79.9. The molecule has 1 N–H and O–H groups in total. The van der Waals surface area contributed by atoms with Gasteiger partial charge in [-0.05, 0) is 53.6 Å². The van der Waals surface area contributed by atoms with Gasteiger partial charge in [0.25, 0.3) is 5.69 Å². The molecule has 0 saturated carbocycles. The number of para-hydroxylation sites is 1. The van der Waals surface area contributed by atoms with Crippen LogP contribution in [0.25, 0.3) is 0 Å². The van der Waals surface area contributed by atoms with E-state index in [2.05, 4.69) is 38.1 Å². The summed E-state index contributed by atoms with van der Waals surface area (Å²) in [6.45, 7) is 0. The number of phenolic OH excluding ortho intramolecular Hbond substituents is 1. The highest BCUT2D eigenvalue weighted by Gasteiger charge is 2.30. The van der Waals surface area contributed by atoms with Gasteiger partial charge in [-0.3, -0.25) is 20.1 Å². The molecule has 7 nitrogen and oxygen atoms in total. The molecule has 1 unspecified atom stereocenters. The second-order valence-electron chi connectivity index (χ2n) is 8.31. The minimum atomic E-state index is -0.504. The van der Waals surface area contributed by atoms with Crippen LogP contribution in [0.3, 0.4) is 0 Å². The van der Waals surface area contributed by atoms with Crippen molar-refractivity contribution >= 4 is 44.9 Å². The third-order valence-corrected chi connectivity index (χ3v) is 6.47. The van der Waals surface area contributed by atoms with Crippen molar-refractivity contribution in [2.45, 2.75) is 12.5 Å². The van der Waals surface area contributed by atoms with Crippen molar-refractivity contribution in [3.63, 3.8) is 0 Å². The molecule has 5 rings (SSSR count). The molecule has 0 saturated heterocycles. The van der Waals surface area contributed by atoms with Gasteiger partial charge >= 0.3 is 0 Å². The summed E-state index contributed by atoms with van der Waals surface area (Å²) in [6, 6.07) is 29.9. The number of anilines is 1. The molecule has 36 heavy (non-hydrogen) atoms. The summed E-state index contributed by atoms with van der Waals surface area (Å²) in [5.74, 6) is -0.0727. The van der Waals surface area contributed by atoms with Crippen LogP contribution in [0.2, 0.25) is 0 Å². The molecule has 1 aliphatic rings. The molecule has 0 spiro atoms. The Hall–Kier alpha value is -4.30. The molecule has 4 aromatic rings. The standard InChI is InChI=1S/C28H21BrN4O3/c29-22-11-9-19(10-12-22)27-17-26(31-32(27)24-7-2-1-3-8-24)20-5-4-6-23(15-20)30-18-21-16-25(33(35)36)13-14-28(21)34/h1-16,18,27,34H,17H2. The smallest absolute Gasteiger partial charge is 0.270 e. The molecule has 0 fully saturated rings. The second kappa shape index (κ2) is 10.1. The Balaban J connectivity index is 1.45. The van der Waals surface area contributed by atoms with Crippen LogP contribution in [0.15, 0.2) is 112 Å². The number of benzene rings is 4. The van der Waals surface area contributed by atoms with E-state index in [0.717, 1.165) is 33.4 Å². The van der Waals surface area contributed by atoms with Gasteiger partial charge in [-0.25, -0.2) is 0 Å². The van der Waals surface area contributed by atoms with Crippen molar-refractivity contribution in [2.24, 2.45) is 10.1 Å². The van der Waals surface area contributed by atoms with Gasteiger partial charge in [0.15, 0.2) is 0 Å². The number of nitro groups is 1. The number of aliphatic imine (C=N–C) groups is 1. The zero-order chi connectivity index (χ0) is 25.1. The lowest BCUT2D eigenvalue weighted by Gasteiger charge is -2.24. The molecule has 4 aromatic carbocycles. The summed E-state index contributed by atoms with van der Waals surface area (Å²) in [5, 5.41) is 28.2. The average molecular weight is 541 g/mol. The van der Waals surface area contributed by atoms with E-state index in [1.165, 1.54) is 24.4 Å². The normalized spacial score (nSPS) is 15.3. The Morgan fingerprint density at radius 3 is 2.53 bits per heavy atom. The predicted octanol–water partition coefficient (Wildman–Crippen LogP) is 7.17. The van der Waals surface area contributed by atoms with Crippen molar-refractivity contribution in [3.05, 3.63) is 128 Å². The van der Waals surface area contributed by atoms with E-state index in [0.29, 0.717) is 5.69 Å². The summed E-state index contributed by atoms with van der Waals surface area (Å²) in [4.78, 5) is 15.0. The summed E-state index contributed by atoms with van der Waals surface area (Å²) in [5.41, 5.74) is 4.86. The van der Waals surface area contributed by atoms with Gasteiger partial charge in [0.2, 0.25) is 0 Å². The SMILES string of the molecule is O=[N+]([O-])c1ccc(O)c(C=Nc2cccc(C3=NN(c4ccccc4)C(c4ccc(Br)cc4)C3)c2)c1. The molecular weight excluding hydrogens is 520 g/mol. The Labute approximate surface area is 216 Å². The first-order valence-electron chi connectivity index (χ1n) is 11.3. The van der Waals surface area contributed by atoms with Crippen LogP contribution in [0.1, 0.15) is 29.2 Å². The molecule has 0 radical (unpaired) electrons. The summed E-state index contributed by atoms with van der Waals surface area (Å²) < 4.78 is 1.02. The molecule has 8 heteroatoms. The molecule has 1 heterocycles. The number of nitrogens with zero attached hydrogens (tertiary/aromatic N) is 4. The summed E-state index contributed by atoms with van der Waals surface area (Å²) >= 11 is 3.51. The maximum absolute atomic E-state index is 11.1. The fourth-order valence-electron chi connectivity index (χ4n) is 4.12. The van der Waals surface area contributed by atoms with E-state index in [1.54, 1.807) is 0 Å². The molecule has 0 bridgehead atoms. The van der Waals surface area contributed by atoms with Crippen LogP contribution in [0.5, 0.6) is 5.75 Å². The van der Waals surface area contributed by atoms with E-state index < -0.39 is 4.92 Å². The quantitative estimate of drug-likeness (QED) is 0.159. The lowest BCUT2D eigenvalue weighted by Crippen LogP contribution is -2.18. The van der Waals surface area contributed by atoms with Crippen molar-refractivity contribution in [3.8, 4) is 5.75 Å². The average Bonchev–Trinajstić information content (AvgIpc) is 3.35. The van der Waals surface area contributed by atoms with Gasteiger partial charge in [-0.1, -0.05) is 58.4 Å². The monoisotopic (exact) mass is 540 g/mol. The molecule has 0 amide bonds. The van der Waals surface area contributed by atoms with Gasteiger partial charge < -0.3 is 5.11 Å². The van der Waals surface area contributed by atoms with Crippen LogP contribution in [0.4, 0.5) is 17.1 Å². The molecule has 1 atom stereocenters. The first-order chi connectivity index (χ1) is 17.5. The van der Waals surface area contributed by atoms with E-state index in [4.69, 9.17) is 5.10 Å². The third kappa shape index (κ3) is 5.04. The minimum absolute atomic E-state index is 0.0458. The van der Waals surface area contributed by atoms with Gasteiger partial charge in [-0.15, -0.1) is 0 Å². The van der Waals surface area contributed by atoms with Crippen molar-refractivity contribution < 1.29 is 10.0 Å². The predicted molar refractivity (Wildman–Crippen MR) is 145 cm³/mol. The van der Waals surface area contributed by atoms with Gasteiger partial charge in [-0.2, -0.15) is 5.10 Å². The highest BCUT2D eigenvalue weighted by molar-refractivity contribution is 9.10. The fourth-order valence-corrected chi connectivity index (χ4v) is 4.38. The van der Waals surface area contributed by atoms with Gasteiger partial charge in [0.05, 0.1) is 28.1 Å².